The monoisotopic (exact) mass is 354 g/mol. The van der Waals surface area contributed by atoms with Gasteiger partial charge < -0.3 is 15.0 Å². The van der Waals surface area contributed by atoms with Gasteiger partial charge in [0.05, 0.1) is 5.69 Å². The van der Waals surface area contributed by atoms with Crippen molar-refractivity contribution in [3.63, 3.8) is 0 Å². The van der Waals surface area contributed by atoms with Crippen LogP contribution in [0.3, 0.4) is 0 Å². The van der Waals surface area contributed by atoms with Crippen LogP contribution in [0.2, 0.25) is 0 Å². The predicted molar refractivity (Wildman–Crippen MR) is 82.4 cm³/mol. The van der Waals surface area contributed by atoms with Crippen LogP contribution in [-0.2, 0) is 11.3 Å². The van der Waals surface area contributed by atoms with E-state index in [1.807, 2.05) is 13.8 Å². The zero-order valence-corrected chi connectivity index (χ0v) is 13.4. The number of aromatic nitrogens is 1. The molecule has 2 aromatic rings. The Balaban J connectivity index is 2.12. The Morgan fingerprint density at radius 3 is 2.76 bits per heavy atom. The van der Waals surface area contributed by atoms with Crippen molar-refractivity contribution in [1.82, 2.24) is 4.57 Å². The Kier molecular flexibility index (Phi) is 4.67. The second kappa shape index (κ2) is 6.30. The quantitative estimate of drug-likeness (QED) is 0.846. The van der Waals surface area contributed by atoms with Crippen molar-refractivity contribution in [2.75, 3.05) is 5.73 Å². The van der Waals surface area contributed by atoms with Crippen LogP contribution in [-0.4, -0.2) is 10.5 Å². The van der Waals surface area contributed by atoms with Gasteiger partial charge in [0.1, 0.15) is 18.1 Å². The number of nitrogens with zero attached hydrogens (tertiary/aromatic N) is 1. The number of benzene rings is 1. The summed E-state index contributed by atoms with van der Waals surface area (Å²) in [5, 5.41) is 0. The van der Waals surface area contributed by atoms with Gasteiger partial charge in [-0.05, 0) is 32.0 Å². The summed E-state index contributed by atoms with van der Waals surface area (Å²) in [4.78, 5) is 12.1. The number of carbonyl (C=O) groups is 1. The molecule has 0 spiro atoms. The number of hydrogen-bond donors (Lipinski definition) is 1. The van der Waals surface area contributed by atoms with Crippen LogP contribution in [0.15, 0.2) is 34.9 Å². The molecule has 1 aromatic heterocycles. The molecule has 2 rings (SSSR count). The Labute approximate surface area is 130 Å². The van der Waals surface area contributed by atoms with Gasteiger partial charge in [0.2, 0.25) is 0 Å². The molecule has 0 aliphatic heterocycles. The van der Waals surface area contributed by atoms with E-state index in [0.717, 1.165) is 0 Å². The van der Waals surface area contributed by atoms with Crippen molar-refractivity contribution in [3.8, 4) is 0 Å². The highest BCUT2D eigenvalue weighted by atomic mass is 79.9. The predicted octanol–water partition coefficient (Wildman–Crippen LogP) is 3.91. The molecule has 0 fully saturated rings. The van der Waals surface area contributed by atoms with E-state index >= 15 is 0 Å². The second-order valence-corrected chi connectivity index (χ2v) is 5.83. The van der Waals surface area contributed by atoms with Gasteiger partial charge in [-0.2, -0.15) is 0 Å². The Morgan fingerprint density at radius 2 is 2.14 bits per heavy atom. The maximum atomic E-state index is 13.0. The van der Waals surface area contributed by atoms with Gasteiger partial charge in [-0.1, -0.05) is 22.0 Å². The van der Waals surface area contributed by atoms with Crippen LogP contribution in [0.1, 0.15) is 35.9 Å². The van der Waals surface area contributed by atoms with Gasteiger partial charge in [-0.3, -0.25) is 0 Å². The lowest BCUT2D eigenvalue weighted by Crippen LogP contribution is -2.13. The zero-order valence-electron chi connectivity index (χ0n) is 11.8. The molecule has 0 atom stereocenters. The molecule has 0 bridgehead atoms. The van der Waals surface area contributed by atoms with E-state index < -0.39 is 5.97 Å². The average Bonchev–Trinajstić information content (AvgIpc) is 2.80. The van der Waals surface area contributed by atoms with E-state index in [2.05, 4.69) is 15.9 Å². The van der Waals surface area contributed by atoms with E-state index in [0.29, 0.717) is 21.4 Å². The molecule has 1 aromatic carbocycles. The summed E-state index contributed by atoms with van der Waals surface area (Å²) < 4.78 is 20.6. The minimum absolute atomic E-state index is 0.0584. The molecule has 6 heteroatoms. The summed E-state index contributed by atoms with van der Waals surface area (Å²) in [7, 11) is 0. The molecule has 21 heavy (non-hydrogen) atoms. The SMILES string of the molecule is CC(C)n1cc(N)cc1C(=O)OCc1ccc(F)cc1Br. The van der Waals surface area contributed by atoms with Crippen molar-refractivity contribution in [2.45, 2.75) is 26.5 Å². The number of nitrogen functional groups attached to an aromatic ring is 1. The van der Waals surface area contributed by atoms with E-state index in [9.17, 15) is 9.18 Å². The van der Waals surface area contributed by atoms with Crippen molar-refractivity contribution in [2.24, 2.45) is 0 Å². The molecule has 0 aliphatic carbocycles. The molecule has 0 unspecified atom stereocenters. The summed E-state index contributed by atoms with van der Waals surface area (Å²) >= 11 is 3.24. The van der Waals surface area contributed by atoms with Gasteiger partial charge in [0.25, 0.3) is 0 Å². The zero-order chi connectivity index (χ0) is 15.6. The number of anilines is 1. The van der Waals surface area contributed by atoms with Crippen molar-refractivity contribution in [1.29, 1.82) is 0 Å². The summed E-state index contributed by atoms with van der Waals surface area (Å²) in [6, 6.07) is 5.91. The number of hydrogen-bond acceptors (Lipinski definition) is 3. The molecule has 0 radical (unpaired) electrons. The first kappa shape index (κ1) is 15.6. The maximum Gasteiger partial charge on any atom is 0.355 e. The lowest BCUT2D eigenvalue weighted by atomic mass is 10.2. The Morgan fingerprint density at radius 1 is 1.43 bits per heavy atom. The van der Waals surface area contributed by atoms with Crippen LogP contribution >= 0.6 is 15.9 Å². The number of rotatable bonds is 4. The highest BCUT2D eigenvalue weighted by Crippen LogP contribution is 2.21. The fraction of sp³-hybridized carbons (Fsp3) is 0.267. The summed E-state index contributed by atoms with van der Waals surface area (Å²) in [5.74, 6) is -0.810. The minimum Gasteiger partial charge on any atom is -0.456 e. The Bertz CT molecular complexity index is 668. The molecule has 0 aliphatic rings. The summed E-state index contributed by atoms with van der Waals surface area (Å²) in [5.41, 5.74) is 7.34. The fourth-order valence-corrected chi connectivity index (χ4v) is 2.41. The van der Waals surface area contributed by atoms with Crippen LogP contribution in [0.4, 0.5) is 10.1 Å². The number of carbonyl (C=O) groups excluding carboxylic acids is 1. The summed E-state index contributed by atoms with van der Waals surface area (Å²) in [6.07, 6.45) is 1.70. The van der Waals surface area contributed by atoms with Gasteiger partial charge in [-0.15, -0.1) is 0 Å². The third-order valence-corrected chi connectivity index (χ3v) is 3.75. The molecular formula is C15H16BrFN2O2. The highest BCUT2D eigenvalue weighted by molar-refractivity contribution is 9.10. The third-order valence-electron chi connectivity index (χ3n) is 3.01. The number of ether oxygens (including phenoxy) is 1. The number of esters is 1. The van der Waals surface area contributed by atoms with Gasteiger partial charge in [0.15, 0.2) is 0 Å². The molecule has 2 N–H and O–H groups in total. The molecule has 112 valence electrons. The molecule has 1 heterocycles. The van der Waals surface area contributed by atoms with Gasteiger partial charge in [0, 0.05) is 22.3 Å². The third kappa shape index (κ3) is 3.64. The van der Waals surface area contributed by atoms with Gasteiger partial charge in [-0.25, -0.2) is 9.18 Å². The molecular weight excluding hydrogens is 339 g/mol. The Hall–Kier alpha value is -1.82. The number of nitrogens with two attached hydrogens (primary N) is 1. The standard InChI is InChI=1S/C15H16BrFN2O2/c1-9(2)19-7-12(18)6-14(19)15(20)21-8-10-3-4-11(17)5-13(10)16/h3-7,9H,8,18H2,1-2H3. The molecule has 4 nitrogen and oxygen atoms in total. The van der Waals surface area contributed by atoms with Crippen LogP contribution in [0, 0.1) is 5.82 Å². The van der Waals surface area contributed by atoms with Crippen molar-refractivity contribution < 1.29 is 13.9 Å². The minimum atomic E-state index is -0.461. The van der Waals surface area contributed by atoms with E-state index in [1.165, 1.54) is 12.1 Å². The smallest absolute Gasteiger partial charge is 0.355 e. The summed E-state index contributed by atoms with van der Waals surface area (Å²) in [6.45, 7) is 3.96. The first-order chi connectivity index (χ1) is 9.88. The maximum absolute atomic E-state index is 13.0. The number of halogens is 2. The largest absolute Gasteiger partial charge is 0.456 e. The van der Waals surface area contributed by atoms with Crippen LogP contribution in [0.25, 0.3) is 0 Å². The highest BCUT2D eigenvalue weighted by Gasteiger charge is 2.16. The van der Waals surface area contributed by atoms with Crippen molar-refractivity contribution in [3.05, 3.63) is 52.0 Å². The fourth-order valence-electron chi connectivity index (χ4n) is 1.95. The molecule has 0 saturated heterocycles. The first-order valence-corrected chi connectivity index (χ1v) is 7.26. The topological polar surface area (TPSA) is 57.2 Å². The first-order valence-electron chi connectivity index (χ1n) is 6.47. The van der Waals surface area contributed by atoms with Crippen LogP contribution < -0.4 is 5.73 Å². The van der Waals surface area contributed by atoms with Crippen molar-refractivity contribution >= 4 is 27.6 Å². The van der Waals surface area contributed by atoms with E-state index in [-0.39, 0.29) is 18.5 Å². The molecule has 0 saturated carbocycles. The van der Waals surface area contributed by atoms with E-state index in [1.54, 1.807) is 22.9 Å². The average molecular weight is 355 g/mol. The van der Waals surface area contributed by atoms with Crippen LogP contribution in [0.5, 0.6) is 0 Å². The van der Waals surface area contributed by atoms with E-state index in [4.69, 9.17) is 10.5 Å². The molecule has 0 amide bonds. The second-order valence-electron chi connectivity index (χ2n) is 4.97. The normalized spacial score (nSPS) is 10.9. The lowest BCUT2D eigenvalue weighted by Gasteiger charge is -2.12. The lowest BCUT2D eigenvalue weighted by molar-refractivity contribution is 0.0457. The van der Waals surface area contributed by atoms with Gasteiger partial charge >= 0.3 is 5.97 Å².